The zero-order chi connectivity index (χ0) is 22.8. The van der Waals surface area contributed by atoms with Crippen molar-refractivity contribution in [2.24, 2.45) is 23.7 Å². The van der Waals surface area contributed by atoms with Crippen molar-refractivity contribution in [3.63, 3.8) is 0 Å². The number of hydrogen-bond donors (Lipinski definition) is 2. The number of hydrogen-bond acceptors (Lipinski definition) is 5. The normalized spacial score (nSPS) is 27.3. The van der Waals surface area contributed by atoms with Crippen LogP contribution in [0.25, 0.3) is 0 Å². The summed E-state index contributed by atoms with van der Waals surface area (Å²) >= 11 is 0. The van der Waals surface area contributed by atoms with Crippen LogP contribution in [0.3, 0.4) is 0 Å². The summed E-state index contributed by atoms with van der Waals surface area (Å²) in [6.45, 7) is 7.37. The molecule has 31 heavy (non-hydrogen) atoms. The van der Waals surface area contributed by atoms with E-state index in [4.69, 9.17) is 9.84 Å². The highest BCUT2D eigenvalue weighted by Gasteiger charge is 2.57. The van der Waals surface area contributed by atoms with Crippen LogP contribution in [0, 0.1) is 23.7 Å². The molecule has 2 rings (SSSR count). The van der Waals surface area contributed by atoms with Gasteiger partial charge in [0.25, 0.3) is 0 Å². The van der Waals surface area contributed by atoms with Gasteiger partial charge in [0.05, 0.1) is 18.4 Å². The van der Waals surface area contributed by atoms with Crippen molar-refractivity contribution in [3.05, 3.63) is 12.2 Å². The second kappa shape index (κ2) is 12.8. The number of likely N-dealkylation sites (tertiary alicyclic amines) is 1. The van der Waals surface area contributed by atoms with Crippen molar-refractivity contribution < 1.29 is 24.2 Å². The summed E-state index contributed by atoms with van der Waals surface area (Å²) in [6, 6.07) is -0.585. The first-order valence-electron chi connectivity index (χ1n) is 12.1. The van der Waals surface area contributed by atoms with Gasteiger partial charge in [0, 0.05) is 25.6 Å². The molecule has 0 saturated carbocycles. The average Bonchev–Trinajstić information content (AvgIpc) is 3.05. The van der Waals surface area contributed by atoms with Crippen LogP contribution in [0.1, 0.15) is 65.7 Å². The number of amides is 2. The van der Waals surface area contributed by atoms with Gasteiger partial charge < -0.3 is 20.1 Å². The third-order valence-electron chi connectivity index (χ3n) is 6.55. The molecule has 0 unspecified atom stereocenters. The summed E-state index contributed by atoms with van der Waals surface area (Å²) in [6.07, 6.45) is 9.90. The van der Waals surface area contributed by atoms with E-state index < -0.39 is 17.9 Å². The van der Waals surface area contributed by atoms with Crippen molar-refractivity contribution in [3.8, 4) is 0 Å². The maximum Gasteiger partial charge on any atom is 0.310 e. The minimum absolute atomic E-state index is 0.0578. The Kier molecular flexibility index (Phi) is 10.5. The summed E-state index contributed by atoms with van der Waals surface area (Å²) in [4.78, 5) is 41.2. The van der Waals surface area contributed by atoms with Gasteiger partial charge in [0.2, 0.25) is 11.8 Å². The number of nitrogens with one attached hydrogen (secondary N) is 1. The van der Waals surface area contributed by atoms with E-state index in [1.807, 2.05) is 19.1 Å². The van der Waals surface area contributed by atoms with Crippen LogP contribution >= 0.6 is 0 Å². The van der Waals surface area contributed by atoms with Gasteiger partial charge in [0.15, 0.2) is 0 Å². The van der Waals surface area contributed by atoms with Crippen molar-refractivity contribution in [2.45, 2.75) is 71.8 Å². The Morgan fingerprint density at radius 2 is 1.84 bits per heavy atom. The molecule has 2 amide bonds. The quantitative estimate of drug-likeness (QED) is 0.263. The fraction of sp³-hybridized carbons (Fsp3) is 0.792. The zero-order valence-electron chi connectivity index (χ0n) is 19.3. The highest BCUT2D eigenvalue weighted by Crippen LogP contribution is 2.45. The number of allylic oxidation sites excluding steroid dienone is 1. The Balaban J connectivity index is 2.27. The van der Waals surface area contributed by atoms with E-state index in [1.54, 1.807) is 11.8 Å². The Morgan fingerprint density at radius 3 is 2.48 bits per heavy atom. The van der Waals surface area contributed by atoms with Crippen LogP contribution < -0.4 is 5.32 Å². The first kappa shape index (κ1) is 25.4. The lowest BCUT2D eigenvalue weighted by atomic mass is 9.69. The van der Waals surface area contributed by atoms with Gasteiger partial charge in [-0.3, -0.25) is 14.4 Å². The smallest absolute Gasteiger partial charge is 0.310 e. The molecular formula is C24H40N2O5. The number of fused-ring (bicyclic) bond motifs is 1. The Hall–Kier alpha value is -1.89. The van der Waals surface area contributed by atoms with Crippen LogP contribution in [0.4, 0.5) is 0 Å². The van der Waals surface area contributed by atoms with E-state index in [9.17, 15) is 14.4 Å². The molecule has 0 bridgehead atoms. The monoisotopic (exact) mass is 436 g/mol. The Labute approximate surface area is 186 Å². The molecule has 1 saturated heterocycles. The topological polar surface area (TPSA) is 95.9 Å². The number of carbonyl (C=O) groups is 3. The van der Waals surface area contributed by atoms with E-state index in [0.29, 0.717) is 13.1 Å². The van der Waals surface area contributed by atoms with Crippen molar-refractivity contribution in [1.29, 1.82) is 0 Å². The Morgan fingerprint density at radius 1 is 1.10 bits per heavy atom. The third kappa shape index (κ3) is 6.09. The van der Waals surface area contributed by atoms with Gasteiger partial charge in [-0.25, -0.2) is 0 Å². The van der Waals surface area contributed by atoms with Gasteiger partial charge in [-0.2, -0.15) is 0 Å². The molecule has 0 radical (unpaired) electrons. The van der Waals surface area contributed by atoms with Crippen molar-refractivity contribution >= 4 is 17.8 Å². The molecule has 0 aromatic heterocycles. The molecule has 0 aromatic rings. The van der Waals surface area contributed by atoms with Crippen LogP contribution in [-0.4, -0.2) is 60.1 Å². The molecule has 7 heteroatoms. The minimum Gasteiger partial charge on any atom is -0.466 e. The lowest BCUT2D eigenvalue weighted by molar-refractivity contribution is -0.155. The van der Waals surface area contributed by atoms with E-state index in [1.165, 1.54) is 0 Å². The summed E-state index contributed by atoms with van der Waals surface area (Å²) in [5, 5.41) is 12.0. The minimum atomic E-state index is -0.585. The number of aliphatic hydroxyl groups is 1. The fourth-order valence-electron chi connectivity index (χ4n) is 4.93. The van der Waals surface area contributed by atoms with Crippen LogP contribution in [0.15, 0.2) is 12.2 Å². The second-order valence-corrected chi connectivity index (χ2v) is 8.60. The van der Waals surface area contributed by atoms with Gasteiger partial charge >= 0.3 is 5.97 Å². The molecule has 1 heterocycles. The van der Waals surface area contributed by atoms with E-state index in [-0.39, 0.29) is 42.8 Å². The van der Waals surface area contributed by atoms with Crippen LogP contribution in [0.5, 0.6) is 0 Å². The number of aliphatic hydroxyl groups excluding tert-OH is 1. The highest BCUT2D eigenvalue weighted by atomic mass is 16.5. The van der Waals surface area contributed by atoms with Gasteiger partial charge in [-0.05, 0) is 38.5 Å². The molecule has 0 aromatic carbocycles. The van der Waals surface area contributed by atoms with E-state index >= 15 is 0 Å². The lowest BCUT2D eigenvalue weighted by Crippen LogP contribution is -2.47. The fourth-order valence-corrected chi connectivity index (χ4v) is 4.93. The maximum atomic E-state index is 13.5. The lowest BCUT2D eigenvalue weighted by Gasteiger charge is -2.33. The summed E-state index contributed by atoms with van der Waals surface area (Å²) in [5.41, 5.74) is 0. The van der Waals surface area contributed by atoms with Gasteiger partial charge in [-0.1, -0.05) is 45.3 Å². The van der Waals surface area contributed by atoms with Crippen molar-refractivity contribution in [1.82, 2.24) is 10.2 Å². The molecule has 1 aliphatic carbocycles. The van der Waals surface area contributed by atoms with Gasteiger partial charge in [0.1, 0.15) is 6.04 Å². The molecule has 1 aliphatic heterocycles. The molecule has 1 fully saturated rings. The third-order valence-corrected chi connectivity index (χ3v) is 6.55. The molecule has 176 valence electrons. The van der Waals surface area contributed by atoms with Crippen LogP contribution in [-0.2, 0) is 19.1 Å². The second-order valence-electron chi connectivity index (χ2n) is 8.60. The van der Waals surface area contributed by atoms with Crippen LogP contribution in [0.2, 0.25) is 0 Å². The van der Waals surface area contributed by atoms with E-state index in [0.717, 1.165) is 44.9 Å². The number of ether oxygens (including phenoxy) is 1. The predicted octanol–water partition coefficient (Wildman–Crippen LogP) is 2.67. The summed E-state index contributed by atoms with van der Waals surface area (Å²) < 4.78 is 5.34. The molecule has 0 spiro atoms. The maximum absolute atomic E-state index is 13.5. The molecule has 2 aliphatic rings. The number of carbonyl (C=O) groups excluding carboxylic acids is 3. The van der Waals surface area contributed by atoms with E-state index in [2.05, 4.69) is 12.2 Å². The summed E-state index contributed by atoms with van der Waals surface area (Å²) in [5.74, 6) is -2.04. The number of esters is 1. The molecule has 5 atom stereocenters. The largest absolute Gasteiger partial charge is 0.466 e. The number of rotatable bonds is 13. The SMILES string of the molecule is CCCCNC(=O)[C@@H]1[C@H]2C=C[C@@H](CC)[C@@H](C(=O)OCC)[C@@H]2C(=O)N1CCCCCCO. The molecule has 7 nitrogen and oxygen atoms in total. The molecular weight excluding hydrogens is 396 g/mol. The van der Waals surface area contributed by atoms with Gasteiger partial charge in [-0.15, -0.1) is 0 Å². The number of unbranched alkanes of at least 4 members (excludes halogenated alkanes) is 4. The Bertz CT molecular complexity index is 635. The predicted molar refractivity (Wildman–Crippen MR) is 119 cm³/mol. The van der Waals surface area contributed by atoms with Crippen molar-refractivity contribution in [2.75, 3.05) is 26.3 Å². The average molecular weight is 437 g/mol. The summed E-state index contributed by atoms with van der Waals surface area (Å²) in [7, 11) is 0. The standard InChI is InChI=1S/C24H40N2O5/c1-4-7-14-25-22(28)21-18-13-12-17(5-2)19(24(30)31-6-3)20(18)23(29)26(21)15-10-8-9-11-16-27/h12-13,17-21,27H,4-11,14-16H2,1-3H3,(H,25,28)/t17-,18+,19-,20-,21+/m1/s1. The zero-order valence-corrected chi connectivity index (χ0v) is 19.3. The number of nitrogens with zero attached hydrogens (tertiary/aromatic N) is 1. The first-order valence-corrected chi connectivity index (χ1v) is 12.1. The molecule has 2 N–H and O–H groups in total. The first-order chi connectivity index (χ1) is 15.0. The highest BCUT2D eigenvalue weighted by molar-refractivity contribution is 5.96.